The molecule has 0 spiro atoms. The number of carbonyl (C=O) groups excluding carboxylic acids is 1. The molecule has 1 saturated heterocycles. The predicted octanol–water partition coefficient (Wildman–Crippen LogP) is 3.41. The molecule has 1 aromatic heterocycles. The van der Waals surface area contributed by atoms with E-state index in [1.807, 2.05) is 18.2 Å². The van der Waals surface area contributed by atoms with Gasteiger partial charge in [-0.25, -0.2) is 13.4 Å². The minimum absolute atomic E-state index is 0.161. The van der Waals surface area contributed by atoms with Crippen molar-refractivity contribution in [3.8, 4) is 5.69 Å². The number of fused-ring (bicyclic) bond motifs is 2. The fourth-order valence-corrected chi connectivity index (χ4v) is 6.82. The Hall–Kier alpha value is -3.82. The smallest absolute Gasteiger partial charge is 0.265 e. The molecule has 2 aliphatic rings. The van der Waals surface area contributed by atoms with Crippen LogP contribution in [0.1, 0.15) is 34.3 Å². The fraction of sp³-hybridized carbons (Fsp3) is 0.276. The normalized spacial score (nSPS) is 16.4. The molecule has 1 aliphatic carbocycles. The van der Waals surface area contributed by atoms with E-state index in [-0.39, 0.29) is 24.6 Å². The zero-order valence-corrected chi connectivity index (χ0v) is 21.7. The van der Waals surface area contributed by atoms with Crippen LogP contribution >= 0.6 is 0 Å². The van der Waals surface area contributed by atoms with Crippen LogP contribution in [0.2, 0.25) is 0 Å². The van der Waals surface area contributed by atoms with Gasteiger partial charge in [0.2, 0.25) is 10.0 Å². The maximum absolute atomic E-state index is 13.3. The van der Waals surface area contributed by atoms with Gasteiger partial charge >= 0.3 is 0 Å². The monoisotopic (exact) mass is 528 g/mol. The third-order valence-corrected chi connectivity index (χ3v) is 9.44. The van der Waals surface area contributed by atoms with Crippen LogP contribution < -0.4 is 5.56 Å². The quantitative estimate of drug-likeness (QED) is 0.405. The number of benzene rings is 3. The molecule has 0 radical (unpaired) electrons. The summed E-state index contributed by atoms with van der Waals surface area (Å²) < 4.78 is 29.5. The highest BCUT2D eigenvalue weighted by atomic mass is 32.2. The fourth-order valence-electron chi connectivity index (χ4n) is 5.35. The number of amides is 1. The second kappa shape index (κ2) is 9.81. The predicted molar refractivity (Wildman–Crippen MR) is 145 cm³/mol. The topological polar surface area (TPSA) is 92.6 Å². The van der Waals surface area contributed by atoms with Gasteiger partial charge < -0.3 is 4.90 Å². The van der Waals surface area contributed by atoms with E-state index in [0.29, 0.717) is 40.1 Å². The molecule has 38 heavy (non-hydrogen) atoms. The molecule has 2 heterocycles. The second-order valence-corrected chi connectivity index (χ2v) is 11.8. The minimum Gasteiger partial charge on any atom is -0.336 e. The summed E-state index contributed by atoms with van der Waals surface area (Å²) in [6, 6.07) is 19.5. The van der Waals surface area contributed by atoms with E-state index < -0.39 is 10.0 Å². The summed E-state index contributed by atoms with van der Waals surface area (Å²) in [5.74, 6) is -0.161. The number of rotatable bonds is 4. The van der Waals surface area contributed by atoms with Crippen LogP contribution in [0.4, 0.5) is 0 Å². The Kier molecular flexibility index (Phi) is 6.33. The number of para-hydroxylation sites is 1. The third-order valence-electron chi connectivity index (χ3n) is 7.54. The number of nitrogens with zero attached hydrogens (tertiary/aromatic N) is 4. The molecular weight excluding hydrogens is 500 g/mol. The third kappa shape index (κ3) is 4.41. The molecule has 0 N–H and O–H groups in total. The molecule has 6 rings (SSSR count). The molecule has 194 valence electrons. The van der Waals surface area contributed by atoms with Gasteiger partial charge in [-0.15, -0.1) is 0 Å². The molecule has 4 aromatic rings. The lowest BCUT2D eigenvalue weighted by atomic mass is 9.92. The number of aromatic nitrogens is 2. The summed E-state index contributed by atoms with van der Waals surface area (Å²) in [5, 5.41) is 0.526. The number of hydrogen-bond donors (Lipinski definition) is 0. The molecule has 0 unspecified atom stereocenters. The highest BCUT2D eigenvalue weighted by molar-refractivity contribution is 7.89. The lowest BCUT2D eigenvalue weighted by molar-refractivity contribution is 0.0698. The van der Waals surface area contributed by atoms with Crippen molar-refractivity contribution >= 4 is 26.8 Å². The largest absolute Gasteiger partial charge is 0.336 e. The van der Waals surface area contributed by atoms with E-state index in [4.69, 9.17) is 0 Å². The van der Waals surface area contributed by atoms with Crippen molar-refractivity contribution in [1.82, 2.24) is 18.8 Å². The average molecular weight is 529 g/mol. The number of piperazine rings is 1. The average Bonchev–Trinajstić information content (AvgIpc) is 2.97. The van der Waals surface area contributed by atoms with Crippen LogP contribution in [0.25, 0.3) is 16.6 Å². The molecular formula is C29H28N4O4S. The summed E-state index contributed by atoms with van der Waals surface area (Å²) in [7, 11) is -3.61. The van der Waals surface area contributed by atoms with Crippen LogP contribution in [0.5, 0.6) is 0 Å². The number of carbonyl (C=O) groups is 1. The molecule has 9 heteroatoms. The summed E-state index contributed by atoms with van der Waals surface area (Å²) in [4.78, 5) is 32.4. The highest BCUT2D eigenvalue weighted by Crippen LogP contribution is 2.26. The zero-order chi connectivity index (χ0) is 26.3. The number of sulfonamides is 1. The van der Waals surface area contributed by atoms with Gasteiger partial charge in [0.15, 0.2) is 0 Å². The van der Waals surface area contributed by atoms with Crippen LogP contribution in [-0.2, 0) is 22.9 Å². The summed E-state index contributed by atoms with van der Waals surface area (Å²) in [5.41, 5.74) is 3.95. The minimum atomic E-state index is -3.61. The SMILES string of the molecule is O=C(c1ccc(-n2cnc3ccccc3c2=O)cc1)N1CCN(S(=O)(=O)c2ccc3c(c2)CCCC3)CC1. The summed E-state index contributed by atoms with van der Waals surface area (Å²) in [6.07, 6.45) is 5.66. The van der Waals surface area contributed by atoms with Crippen molar-refractivity contribution in [3.05, 3.63) is 100 Å². The van der Waals surface area contributed by atoms with Gasteiger partial charge in [0.05, 0.1) is 21.5 Å². The molecule has 8 nitrogen and oxygen atoms in total. The zero-order valence-electron chi connectivity index (χ0n) is 20.9. The number of hydrogen-bond acceptors (Lipinski definition) is 5. The Balaban J connectivity index is 1.14. The van der Waals surface area contributed by atoms with Gasteiger partial charge in [0.1, 0.15) is 6.33 Å². The highest BCUT2D eigenvalue weighted by Gasteiger charge is 2.31. The first-order valence-electron chi connectivity index (χ1n) is 12.9. The van der Waals surface area contributed by atoms with Crippen LogP contribution in [0.3, 0.4) is 0 Å². The first kappa shape index (κ1) is 24.5. The maximum Gasteiger partial charge on any atom is 0.265 e. The lowest BCUT2D eigenvalue weighted by Crippen LogP contribution is -2.50. The van der Waals surface area contributed by atoms with E-state index in [9.17, 15) is 18.0 Å². The first-order valence-corrected chi connectivity index (χ1v) is 14.3. The van der Waals surface area contributed by atoms with Crippen molar-refractivity contribution in [1.29, 1.82) is 0 Å². The Labute approximate surface area is 221 Å². The van der Waals surface area contributed by atoms with Gasteiger partial charge in [-0.3, -0.25) is 14.2 Å². The van der Waals surface area contributed by atoms with E-state index in [0.717, 1.165) is 31.2 Å². The van der Waals surface area contributed by atoms with Crippen LogP contribution in [0, 0.1) is 0 Å². The molecule has 1 fully saturated rings. The van der Waals surface area contributed by atoms with Gasteiger partial charge in [0.25, 0.3) is 11.5 Å². The van der Waals surface area contributed by atoms with Gasteiger partial charge in [-0.1, -0.05) is 18.2 Å². The van der Waals surface area contributed by atoms with E-state index in [1.54, 1.807) is 53.4 Å². The van der Waals surface area contributed by atoms with E-state index in [1.165, 1.54) is 20.8 Å². The second-order valence-electron chi connectivity index (χ2n) is 9.82. The van der Waals surface area contributed by atoms with E-state index >= 15 is 0 Å². The standard InChI is InChI=1S/C29H28N4O4S/c34-28(22-9-12-24(13-10-22)33-20-30-27-8-4-3-7-26(27)29(33)35)31-15-17-32(18-16-31)38(36,37)25-14-11-21-5-1-2-6-23(21)19-25/h3-4,7-14,19-20H,1-2,5-6,15-18H2. The van der Waals surface area contributed by atoms with Crippen molar-refractivity contribution in [3.63, 3.8) is 0 Å². The Morgan fingerprint density at radius 1 is 0.816 bits per heavy atom. The molecule has 3 aromatic carbocycles. The Bertz CT molecular complexity index is 1690. The van der Waals surface area contributed by atoms with Crippen molar-refractivity contribution in [2.24, 2.45) is 0 Å². The lowest BCUT2D eigenvalue weighted by Gasteiger charge is -2.34. The number of aryl methyl sites for hydroxylation is 2. The van der Waals surface area contributed by atoms with Crippen LogP contribution in [0.15, 0.2) is 82.7 Å². The van der Waals surface area contributed by atoms with Crippen molar-refractivity contribution in [2.45, 2.75) is 30.6 Å². The van der Waals surface area contributed by atoms with E-state index in [2.05, 4.69) is 4.98 Å². The van der Waals surface area contributed by atoms with Gasteiger partial charge in [-0.2, -0.15) is 4.31 Å². The van der Waals surface area contributed by atoms with Crippen LogP contribution in [-0.4, -0.2) is 59.3 Å². The maximum atomic E-state index is 13.3. The van der Waals surface area contributed by atoms with Gasteiger partial charge in [-0.05, 0) is 85.3 Å². The molecule has 1 amide bonds. The van der Waals surface area contributed by atoms with Crippen molar-refractivity contribution < 1.29 is 13.2 Å². The van der Waals surface area contributed by atoms with Crippen molar-refractivity contribution in [2.75, 3.05) is 26.2 Å². The summed E-state index contributed by atoms with van der Waals surface area (Å²) in [6.45, 7) is 1.14. The summed E-state index contributed by atoms with van der Waals surface area (Å²) >= 11 is 0. The molecule has 1 aliphatic heterocycles. The Morgan fingerprint density at radius 2 is 1.53 bits per heavy atom. The van der Waals surface area contributed by atoms with Gasteiger partial charge in [0, 0.05) is 31.7 Å². The molecule has 0 atom stereocenters. The first-order chi connectivity index (χ1) is 18.4. The Morgan fingerprint density at radius 3 is 2.29 bits per heavy atom. The molecule has 0 saturated carbocycles. The molecule has 0 bridgehead atoms.